The number of H-pyrrole nitrogens is 1. The molecule has 0 aliphatic carbocycles. The highest BCUT2D eigenvalue weighted by molar-refractivity contribution is 6.06. The number of aromatic amines is 1. The quantitative estimate of drug-likeness (QED) is 0.536. The Bertz CT molecular complexity index is 1060. The Labute approximate surface area is 163 Å². The van der Waals surface area contributed by atoms with E-state index in [2.05, 4.69) is 10.1 Å². The lowest BCUT2D eigenvalue weighted by Gasteiger charge is -2.12. The largest absolute Gasteiger partial charge is 0.462 e. The number of hydrogen-bond donors (Lipinski definition) is 1. The molecule has 0 saturated carbocycles. The predicted molar refractivity (Wildman–Crippen MR) is 106 cm³/mol. The number of benzene rings is 1. The Morgan fingerprint density at radius 2 is 1.96 bits per heavy atom. The minimum absolute atomic E-state index is 0.293. The molecular weight excluding hydrogens is 358 g/mol. The number of ether oxygens (including phenoxy) is 2. The van der Waals surface area contributed by atoms with Gasteiger partial charge < -0.3 is 14.5 Å². The van der Waals surface area contributed by atoms with E-state index in [1.54, 1.807) is 29.8 Å². The lowest BCUT2D eigenvalue weighted by Crippen LogP contribution is -2.17. The SMILES string of the molecule is CCOC(=O)c1c(C)[nH]c2ccc(OC(=O)[C@@H](C)c3c(C)nn(C)c3C)cc12. The first-order valence-electron chi connectivity index (χ1n) is 9.25. The van der Waals surface area contributed by atoms with Crippen LogP contribution in [-0.2, 0) is 16.6 Å². The van der Waals surface area contributed by atoms with Crippen molar-refractivity contribution in [3.05, 3.63) is 46.4 Å². The van der Waals surface area contributed by atoms with Crippen molar-refractivity contribution in [2.45, 2.75) is 40.5 Å². The van der Waals surface area contributed by atoms with Gasteiger partial charge in [0.1, 0.15) is 5.75 Å². The van der Waals surface area contributed by atoms with E-state index in [1.807, 2.05) is 34.7 Å². The molecule has 0 unspecified atom stereocenters. The average Bonchev–Trinajstić information content (AvgIpc) is 3.09. The summed E-state index contributed by atoms with van der Waals surface area (Å²) in [5.74, 6) is -0.844. The molecule has 28 heavy (non-hydrogen) atoms. The Kier molecular flexibility index (Phi) is 5.27. The summed E-state index contributed by atoms with van der Waals surface area (Å²) < 4.78 is 12.5. The summed E-state index contributed by atoms with van der Waals surface area (Å²) in [5.41, 5.74) is 4.58. The normalized spacial score (nSPS) is 12.2. The van der Waals surface area contributed by atoms with Crippen LogP contribution in [0.4, 0.5) is 0 Å². The molecule has 1 atom stereocenters. The van der Waals surface area contributed by atoms with E-state index in [4.69, 9.17) is 9.47 Å². The molecule has 2 heterocycles. The van der Waals surface area contributed by atoms with Crippen molar-refractivity contribution >= 4 is 22.8 Å². The monoisotopic (exact) mass is 383 g/mol. The molecule has 3 rings (SSSR count). The number of carbonyl (C=O) groups is 2. The summed E-state index contributed by atoms with van der Waals surface area (Å²) in [7, 11) is 1.85. The van der Waals surface area contributed by atoms with Crippen LogP contribution in [0.1, 0.15) is 52.8 Å². The van der Waals surface area contributed by atoms with Gasteiger partial charge in [-0.15, -0.1) is 0 Å². The van der Waals surface area contributed by atoms with Gasteiger partial charge in [-0.3, -0.25) is 9.48 Å². The Morgan fingerprint density at radius 3 is 2.57 bits per heavy atom. The van der Waals surface area contributed by atoms with Crippen molar-refractivity contribution in [1.82, 2.24) is 14.8 Å². The second-order valence-corrected chi connectivity index (χ2v) is 6.90. The molecule has 1 aromatic carbocycles. The number of carbonyl (C=O) groups excluding carboxylic acids is 2. The summed E-state index contributed by atoms with van der Waals surface area (Å²) in [6.45, 7) is 9.49. The van der Waals surface area contributed by atoms with E-state index in [0.717, 1.165) is 22.5 Å². The predicted octanol–water partition coefficient (Wildman–Crippen LogP) is 3.71. The van der Waals surface area contributed by atoms with Gasteiger partial charge in [-0.05, 0) is 52.8 Å². The van der Waals surface area contributed by atoms with E-state index in [1.165, 1.54) is 0 Å². The average molecular weight is 383 g/mol. The molecule has 3 aromatic rings. The fourth-order valence-electron chi connectivity index (χ4n) is 3.57. The summed E-state index contributed by atoms with van der Waals surface area (Å²) in [6.07, 6.45) is 0. The number of rotatable bonds is 5. The third-order valence-electron chi connectivity index (χ3n) is 5.01. The maximum absolute atomic E-state index is 12.7. The zero-order chi connectivity index (χ0) is 20.6. The number of esters is 2. The number of aryl methyl sites for hydroxylation is 3. The molecule has 7 heteroatoms. The minimum atomic E-state index is -0.457. The molecule has 148 valence electrons. The van der Waals surface area contributed by atoms with Gasteiger partial charge in [0.15, 0.2) is 0 Å². The standard InChI is InChI=1S/C21H25N3O4/c1-7-27-21(26)19-12(3)22-17-9-8-15(10-16(17)19)28-20(25)11(2)18-13(4)23-24(6)14(18)5/h8-11,22H,7H2,1-6H3/t11-/m0/s1. The number of fused-ring (bicyclic) bond motifs is 1. The van der Waals surface area contributed by atoms with Crippen molar-refractivity contribution in [3.63, 3.8) is 0 Å². The van der Waals surface area contributed by atoms with Crippen LogP contribution in [0.5, 0.6) is 5.75 Å². The lowest BCUT2D eigenvalue weighted by atomic mass is 9.99. The highest BCUT2D eigenvalue weighted by atomic mass is 16.5. The highest BCUT2D eigenvalue weighted by Gasteiger charge is 2.25. The zero-order valence-electron chi connectivity index (χ0n) is 17.0. The first kappa shape index (κ1) is 19.7. The molecular formula is C21H25N3O4. The van der Waals surface area contributed by atoms with Crippen LogP contribution in [0, 0.1) is 20.8 Å². The smallest absolute Gasteiger partial charge is 0.340 e. The van der Waals surface area contributed by atoms with Gasteiger partial charge in [0, 0.05) is 34.9 Å². The van der Waals surface area contributed by atoms with E-state index < -0.39 is 11.9 Å². The van der Waals surface area contributed by atoms with Crippen molar-refractivity contribution in [2.24, 2.45) is 7.05 Å². The highest BCUT2D eigenvalue weighted by Crippen LogP contribution is 2.29. The van der Waals surface area contributed by atoms with Crippen LogP contribution < -0.4 is 4.74 Å². The number of nitrogens with one attached hydrogen (secondary N) is 1. The molecule has 0 fully saturated rings. The number of nitrogens with zero attached hydrogens (tertiary/aromatic N) is 2. The first-order valence-corrected chi connectivity index (χ1v) is 9.25. The summed E-state index contributed by atoms with van der Waals surface area (Å²) in [5, 5.41) is 5.04. The molecule has 0 amide bonds. The Morgan fingerprint density at radius 1 is 1.25 bits per heavy atom. The number of aromatic nitrogens is 3. The number of hydrogen-bond acceptors (Lipinski definition) is 5. The van der Waals surface area contributed by atoms with E-state index in [9.17, 15) is 9.59 Å². The van der Waals surface area contributed by atoms with Crippen molar-refractivity contribution in [2.75, 3.05) is 6.61 Å². The van der Waals surface area contributed by atoms with E-state index in [0.29, 0.717) is 29.0 Å². The van der Waals surface area contributed by atoms with Gasteiger partial charge in [-0.1, -0.05) is 0 Å². The molecule has 0 spiro atoms. The van der Waals surface area contributed by atoms with Crippen LogP contribution in [0.25, 0.3) is 10.9 Å². The third-order valence-corrected chi connectivity index (χ3v) is 5.01. The molecule has 1 N–H and O–H groups in total. The van der Waals surface area contributed by atoms with Gasteiger partial charge >= 0.3 is 11.9 Å². The van der Waals surface area contributed by atoms with Crippen LogP contribution in [0.2, 0.25) is 0 Å². The van der Waals surface area contributed by atoms with Crippen molar-refractivity contribution < 1.29 is 19.1 Å². The van der Waals surface area contributed by atoms with E-state index >= 15 is 0 Å². The topological polar surface area (TPSA) is 86.2 Å². The van der Waals surface area contributed by atoms with Crippen molar-refractivity contribution in [3.8, 4) is 5.75 Å². The fourth-order valence-corrected chi connectivity index (χ4v) is 3.57. The van der Waals surface area contributed by atoms with Gasteiger partial charge in [-0.25, -0.2) is 4.79 Å². The second kappa shape index (κ2) is 7.50. The van der Waals surface area contributed by atoms with E-state index in [-0.39, 0.29) is 5.97 Å². The summed E-state index contributed by atoms with van der Waals surface area (Å²) >= 11 is 0. The first-order chi connectivity index (χ1) is 13.2. The maximum atomic E-state index is 12.7. The summed E-state index contributed by atoms with van der Waals surface area (Å²) in [4.78, 5) is 28.2. The fraction of sp³-hybridized carbons (Fsp3) is 0.381. The Hall–Kier alpha value is -3.09. The second-order valence-electron chi connectivity index (χ2n) is 6.90. The zero-order valence-corrected chi connectivity index (χ0v) is 17.0. The molecule has 0 saturated heterocycles. The van der Waals surface area contributed by atoms with Crippen molar-refractivity contribution in [1.29, 1.82) is 0 Å². The van der Waals surface area contributed by atoms with Gasteiger partial charge in [-0.2, -0.15) is 5.10 Å². The van der Waals surface area contributed by atoms with Crippen LogP contribution in [-0.4, -0.2) is 33.3 Å². The summed E-state index contributed by atoms with van der Waals surface area (Å²) in [6, 6.07) is 5.19. The van der Waals surface area contributed by atoms with Crippen LogP contribution in [0.15, 0.2) is 18.2 Å². The van der Waals surface area contributed by atoms with Gasteiger partial charge in [0.25, 0.3) is 0 Å². The van der Waals surface area contributed by atoms with Crippen LogP contribution in [0.3, 0.4) is 0 Å². The van der Waals surface area contributed by atoms with Gasteiger partial charge in [0.2, 0.25) is 0 Å². The molecule has 0 aliphatic heterocycles. The lowest BCUT2D eigenvalue weighted by molar-refractivity contribution is -0.135. The molecule has 0 bridgehead atoms. The maximum Gasteiger partial charge on any atom is 0.340 e. The molecule has 7 nitrogen and oxygen atoms in total. The molecule has 0 radical (unpaired) electrons. The third kappa shape index (κ3) is 3.40. The van der Waals surface area contributed by atoms with Gasteiger partial charge in [0.05, 0.1) is 23.8 Å². The molecule has 2 aromatic heterocycles. The minimum Gasteiger partial charge on any atom is -0.462 e. The van der Waals surface area contributed by atoms with Crippen LogP contribution >= 0.6 is 0 Å². The Balaban J connectivity index is 1.90. The molecule has 0 aliphatic rings.